The van der Waals surface area contributed by atoms with E-state index in [4.69, 9.17) is 14.6 Å². The molecule has 1 N–H and O–H groups in total. The summed E-state index contributed by atoms with van der Waals surface area (Å²) in [4.78, 5) is 0. The monoisotopic (exact) mass is 290 g/mol. The SMILES string of the molecule is C/C(=C\COc1ccc(CCO)cc1)CCC1OC1(C)C. The first-order chi connectivity index (χ1) is 10.0. The molecule has 1 aliphatic rings. The van der Waals surface area contributed by atoms with Crippen molar-refractivity contribution in [2.45, 2.75) is 51.7 Å². The lowest BCUT2D eigenvalue weighted by Gasteiger charge is -2.06. The topological polar surface area (TPSA) is 42.0 Å². The van der Waals surface area contributed by atoms with Gasteiger partial charge in [0.15, 0.2) is 0 Å². The van der Waals surface area contributed by atoms with Crippen molar-refractivity contribution in [1.29, 1.82) is 0 Å². The molecule has 1 aromatic carbocycles. The molecular formula is C18H26O3. The summed E-state index contributed by atoms with van der Waals surface area (Å²) in [7, 11) is 0. The van der Waals surface area contributed by atoms with Gasteiger partial charge in [-0.3, -0.25) is 0 Å². The summed E-state index contributed by atoms with van der Waals surface area (Å²) in [6.07, 6.45) is 5.40. The van der Waals surface area contributed by atoms with Gasteiger partial charge in [0.1, 0.15) is 12.4 Å². The van der Waals surface area contributed by atoms with Crippen molar-refractivity contribution in [3.63, 3.8) is 0 Å². The number of aliphatic hydroxyl groups is 1. The van der Waals surface area contributed by atoms with Crippen molar-refractivity contribution in [2.24, 2.45) is 0 Å². The zero-order valence-corrected chi connectivity index (χ0v) is 13.3. The standard InChI is InChI=1S/C18H26O3/c1-14(4-9-17-18(2,3)21-17)11-13-20-16-7-5-15(6-8-16)10-12-19/h5-8,11,17,19H,4,9-10,12-13H2,1-3H3/b14-11+. The molecule has 1 unspecified atom stereocenters. The number of allylic oxidation sites excluding steroid dienone is 1. The van der Waals surface area contributed by atoms with E-state index in [0.717, 1.165) is 24.2 Å². The molecule has 2 rings (SSSR count). The third-order valence-corrected chi connectivity index (χ3v) is 3.97. The van der Waals surface area contributed by atoms with Crippen molar-refractivity contribution < 1.29 is 14.6 Å². The molecule has 116 valence electrons. The van der Waals surface area contributed by atoms with E-state index in [-0.39, 0.29) is 12.2 Å². The maximum absolute atomic E-state index is 8.87. The van der Waals surface area contributed by atoms with E-state index in [9.17, 15) is 0 Å². The van der Waals surface area contributed by atoms with Crippen LogP contribution in [0, 0.1) is 0 Å². The van der Waals surface area contributed by atoms with Gasteiger partial charge in [0.25, 0.3) is 0 Å². The Morgan fingerprint density at radius 1 is 1.33 bits per heavy atom. The Morgan fingerprint density at radius 2 is 2.00 bits per heavy atom. The second-order valence-electron chi connectivity index (χ2n) is 6.23. The van der Waals surface area contributed by atoms with Crippen LogP contribution < -0.4 is 4.74 Å². The van der Waals surface area contributed by atoms with Crippen LogP contribution in [0.5, 0.6) is 5.75 Å². The van der Waals surface area contributed by atoms with Crippen LogP contribution >= 0.6 is 0 Å². The Balaban J connectivity index is 1.68. The van der Waals surface area contributed by atoms with Gasteiger partial charge in [0.05, 0.1) is 11.7 Å². The molecule has 1 saturated heterocycles. The minimum absolute atomic E-state index is 0.0904. The van der Waals surface area contributed by atoms with Crippen LogP contribution in [0.3, 0.4) is 0 Å². The molecule has 0 aromatic heterocycles. The van der Waals surface area contributed by atoms with Crippen LogP contribution in [-0.4, -0.2) is 30.0 Å². The van der Waals surface area contributed by atoms with E-state index in [1.54, 1.807) is 0 Å². The van der Waals surface area contributed by atoms with E-state index >= 15 is 0 Å². The Hall–Kier alpha value is -1.32. The van der Waals surface area contributed by atoms with Crippen LogP contribution in [0.4, 0.5) is 0 Å². The van der Waals surface area contributed by atoms with Gasteiger partial charge in [-0.1, -0.05) is 17.7 Å². The fourth-order valence-electron chi connectivity index (χ4n) is 2.36. The quantitative estimate of drug-likeness (QED) is 0.588. The molecule has 0 radical (unpaired) electrons. The highest BCUT2D eigenvalue weighted by molar-refractivity contribution is 5.27. The van der Waals surface area contributed by atoms with Crippen LogP contribution in [0.15, 0.2) is 35.9 Å². The summed E-state index contributed by atoms with van der Waals surface area (Å²) in [5, 5.41) is 8.87. The second kappa shape index (κ2) is 7.10. The summed E-state index contributed by atoms with van der Waals surface area (Å²) >= 11 is 0. The third-order valence-electron chi connectivity index (χ3n) is 3.97. The average molecular weight is 290 g/mol. The summed E-state index contributed by atoms with van der Waals surface area (Å²) < 4.78 is 11.3. The number of hydrogen-bond donors (Lipinski definition) is 1. The van der Waals surface area contributed by atoms with Gasteiger partial charge in [-0.15, -0.1) is 0 Å². The van der Waals surface area contributed by atoms with Crippen LogP contribution in [0.1, 0.15) is 39.2 Å². The number of aliphatic hydroxyl groups excluding tert-OH is 1. The highest BCUT2D eigenvalue weighted by Gasteiger charge is 2.46. The fourth-order valence-corrected chi connectivity index (χ4v) is 2.36. The smallest absolute Gasteiger partial charge is 0.119 e. The molecule has 0 saturated carbocycles. The van der Waals surface area contributed by atoms with Crippen molar-refractivity contribution in [3.05, 3.63) is 41.5 Å². The molecule has 0 amide bonds. The lowest BCUT2D eigenvalue weighted by Crippen LogP contribution is -2.03. The Kier molecular flexibility index (Phi) is 5.43. The second-order valence-corrected chi connectivity index (χ2v) is 6.23. The molecule has 3 nitrogen and oxygen atoms in total. The number of epoxide rings is 1. The lowest BCUT2D eigenvalue weighted by molar-refractivity contribution is 0.299. The number of hydrogen-bond acceptors (Lipinski definition) is 3. The minimum Gasteiger partial charge on any atom is -0.490 e. The zero-order valence-electron chi connectivity index (χ0n) is 13.3. The Labute approximate surface area is 127 Å². The number of ether oxygens (including phenoxy) is 2. The van der Waals surface area contributed by atoms with Crippen LogP contribution in [-0.2, 0) is 11.2 Å². The molecule has 1 heterocycles. The van der Waals surface area contributed by atoms with Gasteiger partial charge in [0, 0.05) is 6.61 Å². The highest BCUT2D eigenvalue weighted by atomic mass is 16.6. The summed E-state index contributed by atoms with van der Waals surface area (Å²) in [5.74, 6) is 0.868. The van der Waals surface area contributed by atoms with Crippen molar-refractivity contribution in [1.82, 2.24) is 0 Å². The van der Waals surface area contributed by atoms with Gasteiger partial charge < -0.3 is 14.6 Å². The van der Waals surface area contributed by atoms with E-state index in [1.165, 1.54) is 5.57 Å². The summed E-state index contributed by atoms with van der Waals surface area (Å²) in [6.45, 7) is 7.20. The molecule has 1 aliphatic heterocycles. The van der Waals surface area contributed by atoms with Gasteiger partial charge >= 0.3 is 0 Å². The van der Waals surface area contributed by atoms with Crippen LogP contribution in [0.2, 0.25) is 0 Å². The molecule has 0 spiro atoms. The van der Waals surface area contributed by atoms with Gasteiger partial charge in [-0.2, -0.15) is 0 Å². The molecule has 1 fully saturated rings. The molecule has 1 atom stereocenters. The highest BCUT2D eigenvalue weighted by Crippen LogP contribution is 2.38. The van der Waals surface area contributed by atoms with Crippen molar-refractivity contribution in [2.75, 3.05) is 13.2 Å². The Morgan fingerprint density at radius 3 is 2.57 bits per heavy atom. The van der Waals surface area contributed by atoms with Gasteiger partial charge in [0.2, 0.25) is 0 Å². The third kappa shape index (κ3) is 5.18. The number of benzene rings is 1. The molecule has 1 aromatic rings. The fraction of sp³-hybridized carbons (Fsp3) is 0.556. The lowest BCUT2D eigenvalue weighted by atomic mass is 10.0. The maximum atomic E-state index is 8.87. The number of rotatable bonds is 8. The maximum Gasteiger partial charge on any atom is 0.119 e. The minimum atomic E-state index is 0.0904. The molecule has 0 aliphatic carbocycles. The van der Waals surface area contributed by atoms with E-state index in [0.29, 0.717) is 19.1 Å². The van der Waals surface area contributed by atoms with Gasteiger partial charge in [-0.05, 0) is 63.8 Å². The first-order valence-corrected chi connectivity index (χ1v) is 7.67. The average Bonchev–Trinajstić information content (AvgIpc) is 3.06. The summed E-state index contributed by atoms with van der Waals surface area (Å²) in [5.41, 5.74) is 2.56. The first kappa shape index (κ1) is 16.1. The van der Waals surface area contributed by atoms with E-state index < -0.39 is 0 Å². The molecule has 0 bridgehead atoms. The predicted octanol–water partition coefficient (Wildman–Crippen LogP) is 3.50. The first-order valence-electron chi connectivity index (χ1n) is 7.67. The van der Waals surface area contributed by atoms with E-state index in [1.807, 2.05) is 24.3 Å². The van der Waals surface area contributed by atoms with Crippen molar-refractivity contribution >= 4 is 0 Å². The van der Waals surface area contributed by atoms with Crippen molar-refractivity contribution in [3.8, 4) is 5.75 Å². The largest absolute Gasteiger partial charge is 0.490 e. The van der Waals surface area contributed by atoms with Crippen LogP contribution in [0.25, 0.3) is 0 Å². The van der Waals surface area contributed by atoms with Gasteiger partial charge in [-0.25, -0.2) is 0 Å². The normalized spacial score (nSPS) is 20.4. The summed E-state index contributed by atoms with van der Waals surface area (Å²) in [6, 6.07) is 7.90. The van der Waals surface area contributed by atoms with E-state index in [2.05, 4.69) is 26.8 Å². The zero-order chi connectivity index (χ0) is 15.3. The molecule has 3 heteroatoms. The predicted molar refractivity (Wildman–Crippen MR) is 84.7 cm³/mol. The molecule has 21 heavy (non-hydrogen) atoms. The molecular weight excluding hydrogens is 264 g/mol. The Bertz CT molecular complexity index is 474.